The Morgan fingerprint density at radius 1 is 1.00 bits per heavy atom. The van der Waals surface area contributed by atoms with Gasteiger partial charge in [0, 0.05) is 54.2 Å². The first-order chi connectivity index (χ1) is 27.9. The van der Waals surface area contributed by atoms with E-state index in [0.717, 1.165) is 102 Å². The summed E-state index contributed by atoms with van der Waals surface area (Å²) in [4.78, 5) is 24.4. The Bertz CT molecular complexity index is 2310. The third-order valence-electron chi connectivity index (χ3n) is 13.4. The maximum absolute atomic E-state index is 12.9. The van der Waals surface area contributed by atoms with E-state index in [1.165, 1.54) is 12.8 Å². The van der Waals surface area contributed by atoms with Crippen molar-refractivity contribution in [2.24, 2.45) is 22.7 Å². The summed E-state index contributed by atoms with van der Waals surface area (Å²) in [6.07, 6.45) is 11.1. The number of anilines is 4. The topological polar surface area (TPSA) is 163 Å². The van der Waals surface area contributed by atoms with Gasteiger partial charge < -0.3 is 30.5 Å². The molecule has 10 rings (SSSR count). The van der Waals surface area contributed by atoms with Gasteiger partial charge >= 0.3 is 5.97 Å². The molecule has 14 heteroatoms. The molecule has 0 radical (unpaired) electrons. The first-order valence-electron chi connectivity index (χ1n) is 20.9. The van der Waals surface area contributed by atoms with Crippen molar-refractivity contribution < 1.29 is 19.7 Å². The first kappa shape index (κ1) is 39.0. The van der Waals surface area contributed by atoms with Crippen molar-refractivity contribution in [3.63, 3.8) is 0 Å². The van der Waals surface area contributed by atoms with Crippen LogP contribution in [-0.4, -0.2) is 84.6 Å². The second-order valence-electron chi connectivity index (χ2n) is 18.2. The molecule has 5 unspecified atom stereocenters. The maximum atomic E-state index is 12.9. The summed E-state index contributed by atoms with van der Waals surface area (Å²) in [5, 5.41) is 41.4. The number of rotatable bonds is 14. The van der Waals surface area contributed by atoms with Crippen LogP contribution in [0.2, 0.25) is 0 Å². The normalized spacial score (nSPS) is 26.3. The van der Waals surface area contributed by atoms with Gasteiger partial charge in [-0.2, -0.15) is 5.10 Å². The second-order valence-corrected chi connectivity index (χ2v) is 19.2. The highest BCUT2D eigenvalue weighted by Gasteiger charge is 2.60. The Kier molecular flexibility index (Phi) is 10.3. The van der Waals surface area contributed by atoms with E-state index in [9.17, 15) is 9.90 Å². The van der Waals surface area contributed by atoms with Gasteiger partial charge in [-0.1, -0.05) is 37.3 Å². The summed E-state index contributed by atoms with van der Waals surface area (Å²) in [6, 6.07) is 11.8. The summed E-state index contributed by atoms with van der Waals surface area (Å²) in [7, 11) is 0. The lowest BCUT2D eigenvalue weighted by molar-refractivity contribution is -0.163. The summed E-state index contributed by atoms with van der Waals surface area (Å²) >= 11 is 1.58. The number of para-hydroxylation sites is 1. The predicted octanol–water partition coefficient (Wildman–Crippen LogP) is 7.84. The predicted molar refractivity (Wildman–Crippen MR) is 226 cm³/mol. The molecule has 4 bridgehead atoms. The Labute approximate surface area is 343 Å². The van der Waals surface area contributed by atoms with Crippen LogP contribution in [0.25, 0.3) is 21.3 Å². The third-order valence-corrected chi connectivity index (χ3v) is 14.4. The van der Waals surface area contributed by atoms with Crippen LogP contribution in [0.1, 0.15) is 92.5 Å². The van der Waals surface area contributed by atoms with Crippen molar-refractivity contribution in [3.8, 4) is 11.1 Å². The van der Waals surface area contributed by atoms with E-state index in [0.29, 0.717) is 48.0 Å². The minimum Gasteiger partial charge on any atom is -0.476 e. The highest BCUT2D eigenvalue weighted by Crippen LogP contribution is 2.66. The number of hydrogen-bond donors (Lipinski definition) is 4. The standard InChI is InChI=1S/C44H55N9O4S/c1-27-31-9-7-16-52(39(31)51-50-38(27)49-41-47-34-10-5-6-11-35(34)58-41)36-13-12-32(37(48-36)40(55)56)33-22-46-53(28(33)2)23-30-20-43(4)24-42(3)19-29(30)21-44(25-42,26-43)57-18-15-45-14-8-17-54/h5-6,10-13,22,29-30,45,54H,7-9,14-21,23-26H2,1-4H3,(H,55,56)(H,47,49,50). The third kappa shape index (κ3) is 7.37. The Morgan fingerprint density at radius 2 is 1.83 bits per heavy atom. The molecule has 1 aliphatic heterocycles. The number of carboxylic acids is 1. The number of aromatic carboxylic acids is 1. The van der Waals surface area contributed by atoms with Crippen LogP contribution in [0.15, 0.2) is 42.6 Å². The minimum atomic E-state index is -1.08. The minimum absolute atomic E-state index is 0.00173. The molecule has 0 spiro atoms. The number of fused-ring (bicyclic) bond motifs is 3. The zero-order valence-electron chi connectivity index (χ0n) is 34.1. The Hall–Kier alpha value is -4.50. The van der Waals surface area contributed by atoms with E-state index in [1.54, 1.807) is 11.3 Å². The lowest BCUT2D eigenvalue weighted by Crippen LogP contribution is -2.52. The lowest BCUT2D eigenvalue weighted by atomic mass is 9.53. The van der Waals surface area contributed by atoms with Gasteiger partial charge in [0.1, 0.15) is 5.82 Å². The van der Waals surface area contributed by atoms with E-state index in [4.69, 9.17) is 24.9 Å². The van der Waals surface area contributed by atoms with Crippen molar-refractivity contribution in [2.45, 2.75) is 97.6 Å². The SMILES string of the molecule is Cc1c(Nc2nc3ccccc3s2)nnc2c1CCCN2c1ccc(-c2cnn(CC3CC4(C)CC5(C)CC3CC(OCCNCCCO)(C4)C5)c2C)c(C(=O)O)n1. The molecule has 5 atom stereocenters. The molecule has 5 heterocycles. The number of benzene rings is 1. The van der Waals surface area contributed by atoms with Gasteiger partial charge in [0.2, 0.25) is 0 Å². The van der Waals surface area contributed by atoms with Crippen molar-refractivity contribution in [1.29, 1.82) is 0 Å². The van der Waals surface area contributed by atoms with Crippen LogP contribution in [0.5, 0.6) is 0 Å². The van der Waals surface area contributed by atoms with Gasteiger partial charge in [-0.15, -0.1) is 10.2 Å². The van der Waals surface area contributed by atoms with Crippen LogP contribution in [0.3, 0.4) is 0 Å². The average molecular weight is 806 g/mol. The molecular weight excluding hydrogens is 751 g/mol. The number of hydrogen-bond acceptors (Lipinski definition) is 12. The van der Waals surface area contributed by atoms with Gasteiger partial charge in [-0.05, 0) is 125 Å². The van der Waals surface area contributed by atoms with Crippen LogP contribution < -0.4 is 15.5 Å². The summed E-state index contributed by atoms with van der Waals surface area (Å²) < 4.78 is 10.0. The van der Waals surface area contributed by atoms with Crippen molar-refractivity contribution in [1.82, 2.24) is 35.3 Å². The lowest BCUT2D eigenvalue weighted by Gasteiger charge is -2.56. The fourth-order valence-electron chi connectivity index (χ4n) is 11.6. The summed E-state index contributed by atoms with van der Waals surface area (Å²) in [5.41, 5.74) is 5.67. The first-order valence-corrected chi connectivity index (χ1v) is 21.8. The largest absolute Gasteiger partial charge is 0.476 e. The molecule has 58 heavy (non-hydrogen) atoms. The number of pyridine rings is 1. The Balaban J connectivity index is 0.939. The van der Waals surface area contributed by atoms with E-state index >= 15 is 0 Å². The molecule has 306 valence electrons. The van der Waals surface area contributed by atoms with E-state index in [2.05, 4.69) is 52.4 Å². The summed E-state index contributed by atoms with van der Waals surface area (Å²) in [6.45, 7) is 13.0. The van der Waals surface area contributed by atoms with E-state index < -0.39 is 5.97 Å². The monoisotopic (exact) mass is 805 g/mol. The van der Waals surface area contributed by atoms with Gasteiger partial charge in [0.15, 0.2) is 22.5 Å². The Morgan fingerprint density at radius 3 is 2.64 bits per heavy atom. The molecule has 4 fully saturated rings. The molecule has 0 saturated heterocycles. The molecule has 13 nitrogen and oxygen atoms in total. The average Bonchev–Trinajstić information content (AvgIpc) is 3.73. The molecule has 5 aromatic rings. The van der Waals surface area contributed by atoms with Crippen molar-refractivity contribution in [3.05, 3.63) is 65.1 Å². The van der Waals surface area contributed by atoms with Crippen LogP contribution in [-0.2, 0) is 17.7 Å². The smallest absolute Gasteiger partial charge is 0.355 e. The molecule has 0 amide bonds. The second kappa shape index (κ2) is 15.3. The van der Waals surface area contributed by atoms with Gasteiger partial charge in [-0.25, -0.2) is 14.8 Å². The molecule has 4 aliphatic carbocycles. The maximum Gasteiger partial charge on any atom is 0.355 e. The summed E-state index contributed by atoms with van der Waals surface area (Å²) in [5.74, 6) is 1.82. The molecular formula is C44H55N9O4S. The number of carboxylic acid groups (broad SMARTS) is 1. The number of nitrogens with one attached hydrogen (secondary N) is 2. The number of thiazole rings is 1. The quantitative estimate of drug-likeness (QED) is 0.0806. The van der Waals surface area contributed by atoms with Gasteiger partial charge in [-0.3, -0.25) is 4.68 Å². The van der Waals surface area contributed by atoms with Crippen molar-refractivity contribution in [2.75, 3.05) is 43.1 Å². The number of nitrogens with zero attached hydrogens (tertiary/aromatic N) is 7. The molecule has 4 aromatic heterocycles. The van der Waals surface area contributed by atoms with E-state index in [-0.39, 0.29) is 28.7 Å². The van der Waals surface area contributed by atoms with Gasteiger partial charge in [0.25, 0.3) is 0 Å². The van der Waals surface area contributed by atoms with Crippen LogP contribution in [0, 0.1) is 36.5 Å². The number of carbonyl (C=O) groups is 1. The fraction of sp³-hybridized carbons (Fsp3) is 0.545. The highest BCUT2D eigenvalue weighted by molar-refractivity contribution is 7.22. The molecule has 4 saturated carbocycles. The van der Waals surface area contributed by atoms with Crippen molar-refractivity contribution >= 4 is 50.1 Å². The number of ether oxygens (including phenoxy) is 1. The number of aromatic nitrogens is 6. The van der Waals surface area contributed by atoms with E-state index in [1.807, 2.05) is 48.4 Å². The molecule has 1 aromatic carbocycles. The molecule has 5 aliphatic rings. The van der Waals surface area contributed by atoms with Crippen LogP contribution in [0.4, 0.5) is 22.6 Å². The zero-order valence-corrected chi connectivity index (χ0v) is 34.9. The van der Waals surface area contributed by atoms with Crippen LogP contribution >= 0.6 is 11.3 Å². The molecule has 4 N–H and O–H groups in total. The van der Waals surface area contributed by atoms with Gasteiger partial charge in [0.05, 0.1) is 28.6 Å². The fourth-order valence-corrected chi connectivity index (χ4v) is 12.5. The number of aliphatic hydroxyl groups is 1. The highest BCUT2D eigenvalue weighted by atomic mass is 32.1. The number of aliphatic hydroxyl groups excluding tert-OH is 1. The zero-order chi connectivity index (χ0) is 40.2.